The van der Waals surface area contributed by atoms with Crippen LogP contribution in [0.3, 0.4) is 0 Å². The van der Waals surface area contributed by atoms with E-state index in [2.05, 4.69) is 15.8 Å². The van der Waals surface area contributed by atoms with Crippen LogP contribution in [-0.2, 0) is 4.74 Å². The largest absolute Gasteiger partial charge is 0.478 e. The SMILES string of the molecule is CN1CCC(n2cc(C(=O)O)c(NNC(=O)OC(C)(C)C)cc2=O)CC1. The molecule has 2 heterocycles. The highest BCUT2D eigenvalue weighted by atomic mass is 16.6. The van der Waals surface area contributed by atoms with Crippen LogP contribution in [0, 0.1) is 0 Å². The van der Waals surface area contributed by atoms with Gasteiger partial charge in [-0.1, -0.05) is 0 Å². The lowest BCUT2D eigenvalue weighted by Gasteiger charge is -2.30. The average Bonchev–Trinajstić information content (AvgIpc) is 2.52. The van der Waals surface area contributed by atoms with E-state index in [1.54, 1.807) is 20.8 Å². The summed E-state index contributed by atoms with van der Waals surface area (Å²) >= 11 is 0. The Labute approximate surface area is 151 Å². The van der Waals surface area contributed by atoms with Crippen LogP contribution < -0.4 is 16.4 Å². The Morgan fingerprint density at radius 1 is 1.27 bits per heavy atom. The summed E-state index contributed by atoms with van der Waals surface area (Å²) in [4.78, 5) is 37.9. The van der Waals surface area contributed by atoms with Gasteiger partial charge in [-0.25, -0.2) is 15.0 Å². The number of hydrazine groups is 1. The van der Waals surface area contributed by atoms with Gasteiger partial charge in [0.15, 0.2) is 0 Å². The summed E-state index contributed by atoms with van der Waals surface area (Å²) < 4.78 is 6.54. The summed E-state index contributed by atoms with van der Waals surface area (Å²) in [6, 6.07) is 1.14. The van der Waals surface area contributed by atoms with Crippen molar-refractivity contribution in [3.63, 3.8) is 0 Å². The molecule has 3 N–H and O–H groups in total. The number of nitrogens with zero attached hydrogens (tertiary/aromatic N) is 2. The molecule has 1 aliphatic rings. The molecular weight excluding hydrogens is 340 g/mol. The topological polar surface area (TPSA) is 113 Å². The second-order valence-electron chi connectivity index (χ2n) is 7.44. The van der Waals surface area contributed by atoms with Crippen molar-refractivity contribution in [3.8, 4) is 0 Å². The van der Waals surface area contributed by atoms with Crippen molar-refractivity contribution >= 4 is 17.7 Å². The van der Waals surface area contributed by atoms with Gasteiger partial charge in [-0.3, -0.25) is 10.2 Å². The van der Waals surface area contributed by atoms with Crippen molar-refractivity contribution < 1.29 is 19.4 Å². The summed E-state index contributed by atoms with van der Waals surface area (Å²) in [6.45, 7) is 6.81. The van der Waals surface area contributed by atoms with E-state index in [0.717, 1.165) is 25.9 Å². The first-order chi connectivity index (χ1) is 12.1. The van der Waals surface area contributed by atoms with Gasteiger partial charge in [0.05, 0.1) is 5.69 Å². The number of likely N-dealkylation sites (tertiary alicyclic amines) is 1. The molecule has 1 saturated heterocycles. The van der Waals surface area contributed by atoms with Crippen LogP contribution in [-0.4, -0.2) is 52.4 Å². The van der Waals surface area contributed by atoms with Crippen molar-refractivity contribution in [1.29, 1.82) is 0 Å². The zero-order chi connectivity index (χ0) is 19.5. The molecule has 0 aromatic carbocycles. The molecule has 1 aromatic rings. The first kappa shape index (κ1) is 19.8. The molecule has 1 amide bonds. The fourth-order valence-corrected chi connectivity index (χ4v) is 2.80. The first-order valence-electron chi connectivity index (χ1n) is 8.50. The van der Waals surface area contributed by atoms with E-state index < -0.39 is 17.7 Å². The fourth-order valence-electron chi connectivity index (χ4n) is 2.80. The molecule has 1 aromatic heterocycles. The van der Waals surface area contributed by atoms with Crippen molar-refractivity contribution in [2.75, 3.05) is 25.6 Å². The minimum absolute atomic E-state index is 0.0116. The summed E-state index contributed by atoms with van der Waals surface area (Å²) in [7, 11) is 2.01. The van der Waals surface area contributed by atoms with E-state index in [0.29, 0.717) is 0 Å². The van der Waals surface area contributed by atoms with E-state index in [9.17, 15) is 19.5 Å². The number of piperidine rings is 1. The average molecular weight is 366 g/mol. The Morgan fingerprint density at radius 3 is 2.42 bits per heavy atom. The third-order valence-electron chi connectivity index (χ3n) is 4.09. The molecule has 9 nitrogen and oxygen atoms in total. The quantitative estimate of drug-likeness (QED) is 0.695. The van der Waals surface area contributed by atoms with Crippen LogP contribution in [0.15, 0.2) is 17.1 Å². The minimum atomic E-state index is -1.19. The van der Waals surface area contributed by atoms with Crippen LogP contribution in [0.25, 0.3) is 0 Å². The molecule has 0 unspecified atom stereocenters. The highest BCUT2D eigenvalue weighted by Crippen LogP contribution is 2.22. The summed E-state index contributed by atoms with van der Waals surface area (Å²) in [5.74, 6) is -1.19. The lowest BCUT2D eigenvalue weighted by molar-refractivity contribution is 0.0539. The number of carboxylic acids is 1. The number of aromatic nitrogens is 1. The van der Waals surface area contributed by atoms with Gasteiger partial charge >= 0.3 is 12.1 Å². The van der Waals surface area contributed by atoms with E-state index in [4.69, 9.17) is 4.74 Å². The van der Waals surface area contributed by atoms with Crippen molar-refractivity contribution in [2.45, 2.75) is 45.3 Å². The highest BCUT2D eigenvalue weighted by Gasteiger charge is 2.22. The number of nitrogens with one attached hydrogen (secondary N) is 2. The van der Waals surface area contributed by atoms with Crippen LogP contribution in [0.4, 0.5) is 10.5 Å². The zero-order valence-corrected chi connectivity index (χ0v) is 15.5. The number of anilines is 1. The Kier molecular flexibility index (Phi) is 5.91. The number of pyridine rings is 1. The number of carbonyl (C=O) groups excluding carboxylic acids is 1. The number of aromatic carboxylic acids is 1. The zero-order valence-electron chi connectivity index (χ0n) is 15.5. The maximum atomic E-state index is 12.4. The number of rotatable bonds is 4. The second-order valence-corrected chi connectivity index (χ2v) is 7.44. The molecule has 1 aliphatic heterocycles. The van der Waals surface area contributed by atoms with E-state index in [-0.39, 0.29) is 22.9 Å². The molecule has 1 fully saturated rings. The van der Waals surface area contributed by atoms with E-state index in [1.807, 2.05) is 7.05 Å². The molecule has 9 heteroatoms. The number of carbonyl (C=O) groups is 2. The molecular formula is C17H26N4O5. The molecule has 2 rings (SSSR count). The van der Waals surface area contributed by atoms with Gasteiger partial charge in [0.25, 0.3) is 5.56 Å². The van der Waals surface area contributed by atoms with Gasteiger partial charge < -0.3 is 19.3 Å². The molecule has 26 heavy (non-hydrogen) atoms. The normalized spacial score (nSPS) is 16.2. The van der Waals surface area contributed by atoms with Gasteiger partial charge in [0.1, 0.15) is 11.2 Å². The second kappa shape index (κ2) is 7.77. The lowest BCUT2D eigenvalue weighted by atomic mass is 10.0. The molecule has 0 radical (unpaired) electrons. The van der Waals surface area contributed by atoms with Crippen LogP contribution in [0.5, 0.6) is 0 Å². The molecule has 0 aliphatic carbocycles. The maximum absolute atomic E-state index is 12.4. The first-order valence-corrected chi connectivity index (χ1v) is 8.50. The summed E-state index contributed by atoms with van der Waals surface area (Å²) in [5, 5.41) is 9.47. The maximum Gasteiger partial charge on any atom is 0.426 e. The summed E-state index contributed by atoms with van der Waals surface area (Å²) in [6.07, 6.45) is 2.12. The van der Waals surface area contributed by atoms with Gasteiger partial charge in [0.2, 0.25) is 0 Å². The van der Waals surface area contributed by atoms with Crippen molar-refractivity contribution in [1.82, 2.24) is 14.9 Å². The Hall–Kier alpha value is -2.55. The van der Waals surface area contributed by atoms with Gasteiger partial charge in [-0.05, 0) is 53.8 Å². The molecule has 0 atom stereocenters. The predicted molar refractivity (Wildman–Crippen MR) is 96.4 cm³/mol. The van der Waals surface area contributed by atoms with Gasteiger partial charge in [-0.2, -0.15) is 0 Å². The molecule has 144 valence electrons. The summed E-state index contributed by atoms with van der Waals surface area (Å²) in [5.41, 5.74) is 3.62. The number of amides is 1. The van der Waals surface area contributed by atoms with Gasteiger partial charge in [-0.15, -0.1) is 0 Å². The number of hydrogen-bond donors (Lipinski definition) is 3. The Balaban J connectivity index is 2.19. The third kappa shape index (κ3) is 5.22. The van der Waals surface area contributed by atoms with Crippen LogP contribution >= 0.6 is 0 Å². The van der Waals surface area contributed by atoms with Gasteiger partial charge in [0, 0.05) is 18.3 Å². The van der Waals surface area contributed by atoms with Crippen molar-refractivity contribution in [3.05, 3.63) is 28.2 Å². The fraction of sp³-hybridized carbons (Fsp3) is 0.588. The van der Waals surface area contributed by atoms with Crippen LogP contribution in [0.2, 0.25) is 0 Å². The lowest BCUT2D eigenvalue weighted by Crippen LogP contribution is -2.38. The third-order valence-corrected chi connectivity index (χ3v) is 4.09. The number of ether oxygens (including phenoxy) is 1. The van der Waals surface area contributed by atoms with E-state index >= 15 is 0 Å². The number of carboxylic acid groups (broad SMARTS) is 1. The Bertz CT molecular complexity index is 730. The monoisotopic (exact) mass is 366 g/mol. The predicted octanol–water partition coefficient (Wildman–Crippen LogP) is 1.66. The molecule has 0 spiro atoms. The smallest absolute Gasteiger partial charge is 0.426 e. The standard InChI is InChI=1S/C17H26N4O5/c1-17(2,3)26-16(25)19-18-13-9-14(22)21(10-12(13)15(23)24)11-5-7-20(4)8-6-11/h9-11,18H,5-8H2,1-4H3,(H,19,25)(H,23,24). The van der Waals surface area contributed by atoms with Crippen LogP contribution in [0.1, 0.15) is 50.0 Å². The molecule has 0 bridgehead atoms. The van der Waals surface area contributed by atoms with E-state index in [1.165, 1.54) is 16.8 Å². The molecule has 0 saturated carbocycles. The minimum Gasteiger partial charge on any atom is -0.478 e. The highest BCUT2D eigenvalue weighted by molar-refractivity contribution is 5.94. The number of hydrogen-bond acceptors (Lipinski definition) is 6. The van der Waals surface area contributed by atoms with Crippen molar-refractivity contribution in [2.24, 2.45) is 0 Å². The Morgan fingerprint density at radius 2 is 1.88 bits per heavy atom.